The predicted molar refractivity (Wildman–Crippen MR) is 82.4 cm³/mol. The molecule has 2 aromatic rings. The van der Waals surface area contributed by atoms with Crippen molar-refractivity contribution in [3.8, 4) is 0 Å². The van der Waals surface area contributed by atoms with Gasteiger partial charge in [0.15, 0.2) is 6.29 Å². The third-order valence-corrected chi connectivity index (χ3v) is 3.01. The number of anilines is 3. The minimum atomic E-state index is -1.49. The van der Waals surface area contributed by atoms with Gasteiger partial charge in [-0.05, 0) is 42.8 Å². The number of benzene rings is 2. The number of amides is 1. The second-order valence-corrected chi connectivity index (χ2v) is 4.84. The molecule has 4 N–H and O–H groups in total. The van der Waals surface area contributed by atoms with Crippen LogP contribution in [-0.4, -0.2) is 16.1 Å². The molecule has 5 heteroatoms. The van der Waals surface area contributed by atoms with Gasteiger partial charge >= 0.3 is 0 Å². The lowest BCUT2D eigenvalue weighted by atomic mass is 10.1. The minimum Gasteiger partial charge on any atom is -0.364 e. The first-order valence-corrected chi connectivity index (χ1v) is 6.57. The molecule has 0 aromatic heterocycles. The Hall–Kier alpha value is -2.37. The quantitative estimate of drug-likeness (QED) is 0.651. The number of hydrogen-bond donors (Lipinski definition) is 4. The van der Waals surface area contributed by atoms with E-state index in [1.54, 1.807) is 18.2 Å². The highest BCUT2D eigenvalue weighted by molar-refractivity contribution is 5.89. The molecule has 110 valence electrons. The van der Waals surface area contributed by atoms with Crippen LogP contribution in [0.25, 0.3) is 0 Å². The third kappa shape index (κ3) is 4.05. The summed E-state index contributed by atoms with van der Waals surface area (Å²) < 4.78 is 0. The number of aryl methyl sites for hydroxylation is 1. The van der Waals surface area contributed by atoms with Gasteiger partial charge in [0, 0.05) is 29.5 Å². The maximum absolute atomic E-state index is 11.0. The van der Waals surface area contributed by atoms with Crippen LogP contribution >= 0.6 is 0 Å². The van der Waals surface area contributed by atoms with Crippen molar-refractivity contribution in [3.63, 3.8) is 0 Å². The zero-order chi connectivity index (χ0) is 15.4. The van der Waals surface area contributed by atoms with Gasteiger partial charge in [0.25, 0.3) is 0 Å². The number of nitrogens with one attached hydrogen (secondary N) is 2. The van der Waals surface area contributed by atoms with Crippen LogP contribution in [0.4, 0.5) is 17.1 Å². The fourth-order valence-corrected chi connectivity index (χ4v) is 2.02. The minimum absolute atomic E-state index is 0.111. The van der Waals surface area contributed by atoms with E-state index in [1.807, 2.05) is 31.2 Å². The van der Waals surface area contributed by atoms with Crippen LogP contribution in [0.15, 0.2) is 42.5 Å². The summed E-state index contributed by atoms with van der Waals surface area (Å²) in [4.78, 5) is 11.0. The fraction of sp³-hybridized carbons (Fsp3) is 0.188. The lowest BCUT2D eigenvalue weighted by molar-refractivity contribution is -0.114. The number of aliphatic hydroxyl groups is 2. The first-order chi connectivity index (χ1) is 9.95. The van der Waals surface area contributed by atoms with E-state index < -0.39 is 6.29 Å². The van der Waals surface area contributed by atoms with Crippen LogP contribution in [0.1, 0.15) is 24.3 Å². The molecule has 0 spiro atoms. The van der Waals surface area contributed by atoms with E-state index in [4.69, 9.17) is 0 Å². The molecule has 0 radical (unpaired) electrons. The van der Waals surface area contributed by atoms with Crippen LogP contribution in [0.5, 0.6) is 0 Å². The van der Waals surface area contributed by atoms with Gasteiger partial charge in [0.05, 0.1) is 0 Å². The van der Waals surface area contributed by atoms with Crippen molar-refractivity contribution in [1.82, 2.24) is 0 Å². The Bertz CT molecular complexity index is 654. The maximum atomic E-state index is 11.0. The van der Waals surface area contributed by atoms with Crippen LogP contribution in [0.2, 0.25) is 0 Å². The topological polar surface area (TPSA) is 81.6 Å². The first-order valence-electron chi connectivity index (χ1n) is 6.57. The molecule has 0 aliphatic rings. The Kier molecular flexibility index (Phi) is 4.57. The van der Waals surface area contributed by atoms with Crippen LogP contribution in [-0.2, 0) is 4.79 Å². The third-order valence-electron chi connectivity index (χ3n) is 3.01. The molecular weight excluding hydrogens is 268 g/mol. The van der Waals surface area contributed by atoms with E-state index >= 15 is 0 Å². The van der Waals surface area contributed by atoms with Crippen molar-refractivity contribution < 1.29 is 15.0 Å². The van der Waals surface area contributed by atoms with Gasteiger partial charge in [-0.1, -0.05) is 12.1 Å². The summed E-state index contributed by atoms with van der Waals surface area (Å²) >= 11 is 0. The Labute approximate surface area is 123 Å². The summed E-state index contributed by atoms with van der Waals surface area (Å²) in [5, 5.41) is 24.3. The SMILES string of the molecule is CC(=O)Nc1ccc(Nc2cccc(C(O)O)c2)c(C)c1. The van der Waals surface area contributed by atoms with Crippen molar-refractivity contribution in [2.45, 2.75) is 20.1 Å². The molecule has 0 saturated heterocycles. The lowest BCUT2D eigenvalue weighted by Gasteiger charge is -2.13. The number of aliphatic hydroxyl groups excluding tert-OH is 1. The van der Waals surface area contributed by atoms with Gasteiger partial charge in [-0.3, -0.25) is 4.79 Å². The summed E-state index contributed by atoms with van der Waals surface area (Å²) in [5.74, 6) is -0.111. The molecule has 0 fully saturated rings. The maximum Gasteiger partial charge on any atom is 0.221 e. The number of hydrogen-bond acceptors (Lipinski definition) is 4. The molecule has 0 saturated carbocycles. The van der Waals surface area contributed by atoms with Crippen molar-refractivity contribution in [2.24, 2.45) is 0 Å². The number of rotatable bonds is 4. The highest BCUT2D eigenvalue weighted by atomic mass is 16.5. The molecular formula is C16H18N2O3. The molecule has 0 aliphatic heterocycles. The molecule has 1 amide bonds. The molecule has 0 aliphatic carbocycles. The van der Waals surface area contributed by atoms with E-state index in [0.717, 1.165) is 22.6 Å². The summed E-state index contributed by atoms with van der Waals surface area (Å²) in [6, 6.07) is 12.4. The normalized spacial score (nSPS) is 10.5. The second kappa shape index (κ2) is 6.39. The second-order valence-electron chi connectivity index (χ2n) is 4.84. The molecule has 0 atom stereocenters. The van der Waals surface area contributed by atoms with Gasteiger partial charge in [-0.25, -0.2) is 0 Å². The molecule has 0 heterocycles. The Morgan fingerprint density at radius 3 is 2.48 bits per heavy atom. The van der Waals surface area contributed by atoms with E-state index in [-0.39, 0.29) is 5.91 Å². The van der Waals surface area contributed by atoms with Crippen molar-refractivity contribution in [2.75, 3.05) is 10.6 Å². The van der Waals surface area contributed by atoms with Gasteiger partial charge in [-0.15, -0.1) is 0 Å². The number of carbonyl (C=O) groups is 1. The van der Waals surface area contributed by atoms with E-state index in [0.29, 0.717) is 5.56 Å². The predicted octanol–water partition coefficient (Wildman–Crippen LogP) is 2.68. The Morgan fingerprint density at radius 1 is 1.10 bits per heavy atom. The zero-order valence-electron chi connectivity index (χ0n) is 11.9. The van der Waals surface area contributed by atoms with Gasteiger partial charge in [-0.2, -0.15) is 0 Å². The van der Waals surface area contributed by atoms with Crippen molar-refractivity contribution in [3.05, 3.63) is 53.6 Å². The van der Waals surface area contributed by atoms with E-state index in [9.17, 15) is 15.0 Å². The van der Waals surface area contributed by atoms with E-state index in [1.165, 1.54) is 6.92 Å². The van der Waals surface area contributed by atoms with Crippen LogP contribution in [0, 0.1) is 6.92 Å². The fourth-order valence-electron chi connectivity index (χ4n) is 2.02. The van der Waals surface area contributed by atoms with Gasteiger partial charge < -0.3 is 20.8 Å². The molecule has 5 nitrogen and oxygen atoms in total. The van der Waals surface area contributed by atoms with Crippen molar-refractivity contribution >= 4 is 23.0 Å². The van der Waals surface area contributed by atoms with Crippen molar-refractivity contribution in [1.29, 1.82) is 0 Å². The Morgan fingerprint density at radius 2 is 1.86 bits per heavy atom. The largest absolute Gasteiger partial charge is 0.364 e. The molecule has 0 bridgehead atoms. The zero-order valence-corrected chi connectivity index (χ0v) is 11.9. The van der Waals surface area contributed by atoms with E-state index in [2.05, 4.69) is 10.6 Å². The molecule has 21 heavy (non-hydrogen) atoms. The molecule has 0 unspecified atom stereocenters. The summed E-state index contributed by atoms with van der Waals surface area (Å²) in [7, 11) is 0. The molecule has 2 rings (SSSR count). The average molecular weight is 286 g/mol. The van der Waals surface area contributed by atoms with Crippen LogP contribution < -0.4 is 10.6 Å². The number of carbonyl (C=O) groups excluding carboxylic acids is 1. The average Bonchev–Trinajstić information content (AvgIpc) is 2.41. The van der Waals surface area contributed by atoms with Gasteiger partial charge in [0.2, 0.25) is 5.91 Å². The smallest absolute Gasteiger partial charge is 0.221 e. The first kappa shape index (κ1) is 15.0. The highest BCUT2D eigenvalue weighted by Crippen LogP contribution is 2.25. The summed E-state index contributed by atoms with van der Waals surface area (Å²) in [5.41, 5.74) is 3.78. The standard InChI is InChI=1S/C16H18N2O3/c1-10-8-14(17-11(2)19)6-7-15(10)18-13-5-3-4-12(9-13)16(20)21/h3-9,16,18,20-21H,1-2H3,(H,17,19). The van der Waals surface area contributed by atoms with Gasteiger partial charge in [0.1, 0.15) is 0 Å². The summed E-state index contributed by atoms with van der Waals surface area (Å²) in [6.45, 7) is 3.39. The lowest BCUT2D eigenvalue weighted by Crippen LogP contribution is -2.06. The van der Waals surface area contributed by atoms with Crippen LogP contribution in [0.3, 0.4) is 0 Å². The Balaban J connectivity index is 2.20. The monoisotopic (exact) mass is 286 g/mol. The molecule has 2 aromatic carbocycles. The highest BCUT2D eigenvalue weighted by Gasteiger charge is 2.05. The summed E-state index contributed by atoms with van der Waals surface area (Å²) in [6.07, 6.45) is -1.49.